The van der Waals surface area contributed by atoms with Gasteiger partial charge in [0.05, 0.1) is 11.8 Å². The van der Waals surface area contributed by atoms with Crippen molar-refractivity contribution in [2.24, 2.45) is 5.73 Å². The van der Waals surface area contributed by atoms with Crippen molar-refractivity contribution < 1.29 is 8.42 Å². The Morgan fingerprint density at radius 3 is 2.47 bits per heavy atom. The summed E-state index contributed by atoms with van der Waals surface area (Å²) in [5.41, 5.74) is 6.57. The Balaban J connectivity index is 2.35. The SMILES string of the molecule is CCS(=O)(=O)NC(CN)c1ccc2ccccc2c1. The van der Waals surface area contributed by atoms with Crippen LogP contribution in [0.25, 0.3) is 10.8 Å². The molecule has 0 amide bonds. The summed E-state index contributed by atoms with van der Waals surface area (Å²) in [4.78, 5) is 0. The molecule has 0 spiro atoms. The summed E-state index contributed by atoms with van der Waals surface area (Å²) < 4.78 is 25.9. The van der Waals surface area contributed by atoms with Gasteiger partial charge in [0.2, 0.25) is 10.0 Å². The Hall–Kier alpha value is -1.43. The van der Waals surface area contributed by atoms with E-state index in [0.29, 0.717) is 0 Å². The number of nitrogens with one attached hydrogen (secondary N) is 1. The standard InChI is InChI=1S/C14H18N2O2S/c1-2-19(17,18)16-14(10-15)13-8-7-11-5-3-4-6-12(11)9-13/h3-9,14,16H,2,10,15H2,1H3. The van der Waals surface area contributed by atoms with Crippen LogP contribution in [0.4, 0.5) is 0 Å². The molecule has 19 heavy (non-hydrogen) atoms. The zero-order valence-electron chi connectivity index (χ0n) is 10.8. The van der Waals surface area contributed by atoms with Crippen molar-refractivity contribution in [1.82, 2.24) is 4.72 Å². The van der Waals surface area contributed by atoms with Gasteiger partial charge in [-0.2, -0.15) is 0 Å². The predicted octanol–water partition coefficient (Wildman–Crippen LogP) is 1.78. The first kappa shape index (κ1) is 14.0. The predicted molar refractivity (Wildman–Crippen MR) is 78.3 cm³/mol. The summed E-state index contributed by atoms with van der Waals surface area (Å²) in [6.07, 6.45) is 0. The molecule has 1 atom stereocenters. The smallest absolute Gasteiger partial charge is 0.211 e. The van der Waals surface area contributed by atoms with Gasteiger partial charge in [-0.05, 0) is 29.3 Å². The second-order valence-electron chi connectivity index (χ2n) is 4.42. The molecule has 0 aliphatic heterocycles. The minimum absolute atomic E-state index is 0.0527. The Morgan fingerprint density at radius 1 is 1.16 bits per heavy atom. The van der Waals surface area contributed by atoms with Gasteiger partial charge in [0.25, 0.3) is 0 Å². The Bertz CT molecular complexity index is 668. The maximum Gasteiger partial charge on any atom is 0.211 e. The average Bonchev–Trinajstić information content (AvgIpc) is 2.44. The molecular weight excluding hydrogens is 260 g/mol. The Morgan fingerprint density at radius 2 is 1.84 bits per heavy atom. The van der Waals surface area contributed by atoms with E-state index in [0.717, 1.165) is 16.3 Å². The molecule has 102 valence electrons. The van der Waals surface area contributed by atoms with Crippen molar-refractivity contribution in [2.75, 3.05) is 12.3 Å². The van der Waals surface area contributed by atoms with Crippen LogP contribution >= 0.6 is 0 Å². The lowest BCUT2D eigenvalue weighted by Gasteiger charge is -2.17. The molecule has 0 aromatic heterocycles. The van der Waals surface area contributed by atoms with E-state index < -0.39 is 10.0 Å². The summed E-state index contributed by atoms with van der Waals surface area (Å²) >= 11 is 0. The lowest BCUT2D eigenvalue weighted by atomic mass is 10.0. The van der Waals surface area contributed by atoms with Gasteiger partial charge < -0.3 is 5.73 Å². The van der Waals surface area contributed by atoms with E-state index in [1.807, 2.05) is 42.5 Å². The molecule has 2 rings (SSSR count). The zero-order valence-corrected chi connectivity index (χ0v) is 11.7. The molecule has 2 aromatic carbocycles. The third-order valence-electron chi connectivity index (χ3n) is 3.11. The first-order valence-electron chi connectivity index (χ1n) is 6.24. The highest BCUT2D eigenvalue weighted by Gasteiger charge is 2.16. The van der Waals surface area contributed by atoms with Crippen LogP contribution in [0.1, 0.15) is 18.5 Å². The van der Waals surface area contributed by atoms with E-state index in [2.05, 4.69) is 4.72 Å². The van der Waals surface area contributed by atoms with Gasteiger partial charge in [-0.3, -0.25) is 0 Å². The van der Waals surface area contributed by atoms with E-state index in [4.69, 9.17) is 5.73 Å². The minimum Gasteiger partial charge on any atom is -0.329 e. The van der Waals surface area contributed by atoms with E-state index in [1.54, 1.807) is 6.92 Å². The van der Waals surface area contributed by atoms with E-state index >= 15 is 0 Å². The molecule has 2 aromatic rings. The zero-order chi connectivity index (χ0) is 13.9. The lowest BCUT2D eigenvalue weighted by molar-refractivity contribution is 0.560. The Kier molecular flexibility index (Phi) is 4.19. The van der Waals surface area contributed by atoms with Crippen molar-refractivity contribution in [1.29, 1.82) is 0 Å². The molecule has 0 saturated heterocycles. The Labute approximate surface area is 113 Å². The summed E-state index contributed by atoms with van der Waals surface area (Å²) in [6, 6.07) is 13.4. The average molecular weight is 278 g/mol. The number of benzene rings is 2. The largest absolute Gasteiger partial charge is 0.329 e. The van der Waals surface area contributed by atoms with Crippen LogP contribution in [0.15, 0.2) is 42.5 Å². The van der Waals surface area contributed by atoms with Crippen molar-refractivity contribution in [3.63, 3.8) is 0 Å². The maximum atomic E-state index is 11.6. The van der Waals surface area contributed by atoms with Crippen molar-refractivity contribution in [3.8, 4) is 0 Å². The van der Waals surface area contributed by atoms with E-state index in [-0.39, 0.29) is 18.3 Å². The number of hydrogen-bond donors (Lipinski definition) is 2. The molecule has 3 N–H and O–H groups in total. The molecule has 0 fully saturated rings. The lowest BCUT2D eigenvalue weighted by Crippen LogP contribution is -2.34. The van der Waals surface area contributed by atoms with Crippen LogP contribution in [-0.4, -0.2) is 20.7 Å². The number of sulfonamides is 1. The highest BCUT2D eigenvalue weighted by atomic mass is 32.2. The van der Waals surface area contributed by atoms with Crippen LogP contribution < -0.4 is 10.5 Å². The highest BCUT2D eigenvalue weighted by Crippen LogP contribution is 2.20. The second kappa shape index (κ2) is 5.69. The summed E-state index contributed by atoms with van der Waals surface area (Å²) in [5, 5.41) is 2.20. The molecule has 0 aliphatic carbocycles. The third kappa shape index (κ3) is 3.32. The molecule has 5 heteroatoms. The highest BCUT2D eigenvalue weighted by molar-refractivity contribution is 7.89. The molecular formula is C14H18N2O2S. The molecule has 1 unspecified atom stereocenters. The molecule has 4 nitrogen and oxygen atoms in total. The maximum absolute atomic E-state index is 11.6. The van der Waals surface area contributed by atoms with Crippen LogP contribution in [0.2, 0.25) is 0 Å². The van der Waals surface area contributed by atoms with Gasteiger partial charge in [-0.25, -0.2) is 13.1 Å². The minimum atomic E-state index is -3.26. The van der Waals surface area contributed by atoms with Gasteiger partial charge in [-0.1, -0.05) is 36.4 Å². The molecule has 0 radical (unpaired) electrons. The van der Waals surface area contributed by atoms with Gasteiger partial charge in [-0.15, -0.1) is 0 Å². The summed E-state index contributed by atoms with van der Waals surface area (Å²) in [6.45, 7) is 1.84. The normalized spacial score (nSPS) is 13.6. The number of nitrogens with two attached hydrogens (primary N) is 1. The van der Waals surface area contributed by atoms with Crippen molar-refractivity contribution >= 4 is 20.8 Å². The molecule has 0 heterocycles. The third-order valence-corrected chi connectivity index (χ3v) is 4.52. The fraction of sp³-hybridized carbons (Fsp3) is 0.286. The molecule has 0 aliphatic rings. The van der Waals surface area contributed by atoms with Crippen LogP contribution in [0.5, 0.6) is 0 Å². The summed E-state index contributed by atoms with van der Waals surface area (Å²) in [5.74, 6) is 0.0527. The van der Waals surface area contributed by atoms with Gasteiger partial charge in [0, 0.05) is 6.54 Å². The van der Waals surface area contributed by atoms with Crippen molar-refractivity contribution in [2.45, 2.75) is 13.0 Å². The van der Waals surface area contributed by atoms with E-state index in [1.165, 1.54) is 0 Å². The molecule has 0 bridgehead atoms. The van der Waals surface area contributed by atoms with Crippen LogP contribution in [0, 0.1) is 0 Å². The van der Waals surface area contributed by atoms with Gasteiger partial charge in [0.1, 0.15) is 0 Å². The van der Waals surface area contributed by atoms with Crippen LogP contribution in [-0.2, 0) is 10.0 Å². The topological polar surface area (TPSA) is 72.2 Å². The number of hydrogen-bond acceptors (Lipinski definition) is 3. The number of fused-ring (bicyclic) bond motifs is 1. The monoisotopic (exact) mass is 278 g/mol. The van der Waals surface area contributed by atoms with E-state index in [9.17, 15) is 8.42 Å². The first-order valence-corrected chi connectivity index (χ1v) is 7.89. The first-order chi connectivity index (χ1) is 9.05. The summed E-state index contributed by atoms with van der Waals surface area (Å²) in [7, 11) is -3.26. The van der Waals surface area contributed by atoms with Crippen LogP contribution in [0.3, 0.4) is 0 Å². The second-order valence-corrected chi connectivity index (χ2v) is 6.46. The quantitative estimate of drug-likeness (QED) is 0.875. The number of rotatable bonds is 5. The fourth-order valence-corrected chi connectivity index (χ4v) is 2.81. The van der Waals surface area contributed by atoms with Gasteiger partial charge in [0.15, 0.2) is 0 Å². The molecule has 0 saturated carbocycles. The fourth-order valence-electron chi connectivity index (χ4n) is 1.98. The van der Waals surface area contributed by atoms with Gasteiger partial charge >= 0.3 is 0 Å². The van der Waals surface area contributed by atoms with Crippen molar-refractivity contribution in [3.05, 3.63) is 48.0 Å².